The van der Waals surface area contributed by atoms with Crippen LogP contribution in [0.5, 0.6) is 0 Å². The van der Waals surface area contributed by atoms with Gasteiger partial charge in [-0.2, -0.15) is 0 Å². The molecule has 5 aromatic rings. The molecule has 1 aliphatic heterocycles. The summed E-state index contributed by atoms with van der Waals surface area (Å²) < 4.78 is 7.01. The van der Waals surface area contributed by atoms with Crippen LogP contribution in [0.15, 0.2) is 48.8 Å². The number of ether oxygens (including phenoxy) is 1. The smallest absolute Gasteiger partial charge is 0.407 e. The summed E-state index contributed by atoms with van der Waals surface area (Å²) >= 11 is 3.50. The first-order valence-electron chi connectivity index (χ1n) is 14.4. The molecular formula is C31H35N7O3S2. The van der Waals surface area contributed by atoms with Gasteiger partial charge in [0.15, 0.2) is 0 Å². The molecule has 1 aliphatic rings. The molecule has 0 spiro atoms. The number of H-pyrrole nitrogens is 2. The van der Waals surface area contributed by atoms with Crippen LogP contribution in [-0.2, 0) is 16.1 Å². The van der Waals surface area contributed by atoms with Crippen molar-refractivity contribution in [3.05, 3.63) is 60.4 Å². The number of imidazole rings is 2. The average molecular weight is 618 g/mol. The van der Waals surface area contributed by atoms with Crippen LogP contribution in [0.1, 0.15) is 43.9 Å². The van der Waals surface area contributed by atoms with Crippen LogP contribution >= 0.6 is 22.7 Å². The maximum atomic E-state index is 12.6. The van der Waals surface area contributed by atoms with Crippen molar-refractivity contribution in [2.45, 2.75) is 38.8 Å². The van der Waals surface area contributed by atoms with Crippen molar-refractivity contribution in [2.24, 2.45) is 0 Å². The highest BCUT2D eigenvalue weighted by atomic mass is 32.1. The number of aromatic amines is 2. The third-order valence-corrected chi connectivity index (χ3v) is 10.1. The molecule has 1 atom stereocenters. The lowest BCUT2D eigenvalue weighted by molar-refractivity contribution is -0.130. The SMILES string of the molecule is CCCN(Cc1ncc(-c2cc3sc(-c4ccc(-c5cnc(C6CCCN6C)[nH]5)cc4)cc3s2)[nH]1)C(=O)CNC(=O)OC. The van der Waals surface area contributed by atoms with Gasteiger partial charge in [0.25, 0.3) is 0 Å². The largest absolute Gasteiger partial charge is 0.453 e. The van der Waals surface area contributed by atoms with E-state index >= 15 is 0 Å². The standard InChI is InChI=1S/C31H35N7O3S2/c1-4-11-38(29(39)17-34-31(40)41-3)18-28-32-16-22(35-28)25-14-27-26(43-25)13-24(42-27)20-9-7-19(8-10-20)21-15-33-30(36-21)23-6-5-12-37(23)2/h7-10,13-16,23H,4-6,11-12,17-18H2,1-3H3,(H,32,35)(H,33,36)(H,34,40). The Morgan fingerprint density at radius 3 is 2.49 bits per heavy atom. The summed E-state index contributed by atoms with van der Waals surface area (Å²) in [4.78, 5) is 46.5. The molecule has 2 amide bonds. The molecule has 43 heavy (non-hydrogen) atoms. The van der Waals surface area contributed by atoms with Gasteiger partial charge >= 0.3 is 6.09 Å². The highest BCUT2D eigenvalue weighted by Crippen LogP contribution is 2.41. The predicted octanol–water partition coefficient (Wildman–Crippen LogP) is 6.27. The first-order valence-corrected chi connectivity index (χ1v) is 16.1. The zero-order valence-corrected chi connectivity index (χ0v) is 26.1. The highest BCUT2D eigenvalue weighted by Gasteiger charge is 2.25. The second-order valence-electron chi connectivity index (χ2n) is 10.8. The average Bonchev–Trinajstić information content (AvgIpc) is 3.84. The Bertz CT molecular complexity index is 1690. The highest BCUT2D eigenvalue weighted by molar-refractivity contribution is 7.31. The summed E-state index contributed by atoms with van der Waals surface area (Å²) in [6.45, 7) is 3.92. The van der Waals surface area contributed by atoms with E-state index in [1.165, 1.54) is 33.4 Å². The minimum absolute atomic E-state index is 0.116. The zero-order valence-electron chi connectivity index (χ0n) is 24.5. The maximum Gasteiger partial charge on any atom is 0.407 e. The Morgan fingerprint density at radius 2 is 1.77 bits per heavy atom. The lowest BCUT2D eigenvalue weighted by atomic mass is 10.1. The van der Waals surface area contributed by atoms with Crippen molar-refractivity contribution in [1.29, 1.82) is 0 Å². The van der Waals surface area contributed by atoms with Crippen molar-refractivity contribution in [3.63, 3.8) is 0 Å². The summed E-state index contributed by atoms with van der Waals surface area (Å²) in [6, 6.07) is 13.5. The van der Waals surface area contributed by atoms with Crippen LogP contribution in [-0.4, -0.2) is 75.5 Å². The van der Waals surface area contributed by atoms with Crippen LogP contribution in [0.25, 0.3) is 41.7 Å². The normalized spacial score (nSPS) is 15.3. The van der Waals surface area contributed by atoms with Gasteiger partial charge in [-0.05, 0) is 56.1 Å². The van der Waals surface area contributed by atoms with Gasteiger partial charge < -0.3 is 24.9 Å². The van der Waals surface area contributed by atoms with Crippen molar-refractivity contribution in [3.8, 4) is 32.3 Å². The molecule has 0 bridgehead atoms. The van der Waals surface area contributed by atoms with Crippen LogP contribution < -0.4 is 5.32 Å². The molecule has 1 unspecified atom stereocenters. The number of hydrogen-bond donors (Lipinski definition) is 3. The Balaban J connectivity index is 1.12. The fraction of sp³-hybridized carbons (Fsp3) is 0.355. The molecule has 0 saturated carbocycles. The molecular weight excluding hydrogens is 583 g/mol. The Morgan fingerprint density at radius 1 is 1.05 bits per heavy atom. The van der Waals surface area contributed by atoms with Gasteiger partial charge in [-0.15, -0.1) is 22.7 Å². The quantitative estimate of drug-likeness (QED) is 0.170. The molecule has 12 heteroatoms. The summed E-state index contributed by atoms with van der Waals surface area (Å²) in [7, 11) is 3.44. The number of nitrogens with one attached hydrogen (secondary N) is 3. The molecule has 1 fully saturated rings. The first-order chi connectivity index (χ1) is 20.9. The minimum Gasteiger partial charge on any atom is -0.453 e. The number of alkyl carbamates (subject to hydrolysis) is 1. The Kier molecular flexibility index (Phi) is 8.59. The second kappa shape index (κ2) is 12.7. The van der Waals surface area contributed by atoms with E-state index in [0.29, 0.717) is 25.0 Å². The van der Waals surface area contributed by atoms with Gasteiger partial charge in [0.2, 0.25) is 5.91 Å². The molecule has 1 aromatic carbocycles. The number of carbonyl (C=O) groups is 2. The second-order valence-corrected chi connectivity index (χ2v) is 12.9. The monoisotopic (exact) mass is 617 g/mol. The van der Waals surface area contributed by atoms with E-state index in [1.54, 1.807) is 27.6 Å². The number of benzene rings is 1. The van der Waals surface area contributed by atoms with E-state index in [1.807, 2.05) is 19.3 Å². The molecule has 6 rings (SSSR count). The van der Waals surface area contributed by atoms with E-state index in [2.05, 4.69) is 78.3 Å². The van der Waals surface area contributed by atoms with Crippen molar-refractivity contribution >= 4 is 44.1 Å². The third kappa shape index (κ3) is 6.36. The Labute approximate surface area is 258 Å². The van der Waals surface area contributed by atoms with E-state index in [0.717, 1.165) is 47.0 Å². The van der Waals surface area contributed by atoms with Crippen LogP contribution in [0.4, 0.5) is 4.79 Å². The van der Waals surface area contributed by atoms with Gasteiger partial charge in [0.1, 0.15) is 18.2 Å². The van der Waals surface area contributed by atoms with Gasteiger partial charge in [-0.1, -0.05) is 31.2 Å². The molecule has 5 heterocycles. The topological polar surface area (TPSA) is 119 Å². The molecule has 0 aliphatic carbocycles. The summed E-state index contributed by atoms with van der Waals surface area (Å²) in [5, 5.41) is 2.45. The minimum atomic E-state index is -0.627. The van der Waals surface area contributed by atoms with Crippen LogP contribution in [0, 0.1) is 0 Å². The van der Waals surface area contributed by atoms with Crippen LogP contribution in [0.2, 0.25) is 0 Å². The van der Waals surface area contributed by atoms with Crippen molar-refractivity contribution in [2.75, 3.05) is 33.8 Å². The lowest BCUT2D eigenvalue weighted by Crippen LogP contribution is -2.40. The molecule has 0 radical (unpaired) electrons. The van der Waals surface area contributed by atoms with Gasteiger partial charge in [0, 0.05) is 20.8 Å². The third-order valence-electron chi connectivity index (χ3n) is 7.77. The number of amides is 2. The molecule has 224 valence electrons. The number of aromatic nitrogens is 4. The van der Waals surface area contributed by atoms with E-state index in [-0.39, 0.29) is 12.5 Å². The van der Waals surface area contributed by atoms with E-state index in [4.69, 9.17) is 0 Å². The summed E-state index contributed by atoms with van der Waals surface area (Å²) in [5.41, 5.74) is 4.31. The number of hydrogen-bond acceptors (Lipinski definition) is 8. The molecule has 4 aromatic heterocycles. The molecule has 3 N–H and O–H groups in total. The fourth-order valence-electron chi connectivity index (χ4n) is 5.48. The van der Waals surface area contributed by atoms with Crippen molar-refractivity contribution in [1.82, 2.24) is 35.1 Å². The lowest BCUT2D eigenvalue weighted by Gasteiger charge is -2.21. The maximum absolute atomic E-state index is 12.6. The molecule has 10 nitrogen and oxygen atoms in total. The first kappa shape index (κ1) is 29.1. The summed E-state index contributed by atoms with van der Waals surface area (Å²) in [5.74, 6) is 1.57. The van der Waals surface area contributed by atoms with Gasteiger partial charge in [-0.25, -0.2) is 14.8 Å². The fourth-order valence-corrected chi connectivity index (χ4v) is 7.84. The number of methoxy groups -OCH3 is 1. The van der Waals surface area contributed by atoms with Gasteiger partial charge in [0.05, 0.1) is 48.4 Å². The number of carbonyl (C=O) groups excluding carboxylic acids is 2. The summed E-state index contributed by atoms with van der Waals surface area (Å²) in [6.07, 6.45) is 6.30. The van der Waals surface area contributed by atoms with E-state index in [9.17, 15) is 9.59 Å². The van der Waals surface area contributed by atoms with E-state index < -0.39 is 6.09 Å². The zero-order chi connectivity index (χ0) is 29.9. The van der Waals surface area contributed by atoms with Crippen LogP contribution in [0.3, 0.4) is 0 Å². The van der Waals surface area contributed by atoms with Crippen molar-refractivity contribution < 1.29 is 14.3 Å². The number of nitrogens with zero attached hydrogens (tertiary/aromatic N) is 4. The van der Waals surface area contributed by atoms with Gasteiger partial charge in [-0.3, -0.25) is 9.69 Å². The number of rotatable bonds is 10. The number of fused-ring (bicyclic) bond motifs is 1. The number of likely N-dealkylation sites (tertiary alicyclic amines) is 1. The predicted molar refractivity (Wildman–Crippen MR) is 171 cm³/mol. The molecule has 1 saturated heterocycles. The Hall–Kier alpha value is -4.00. The number of thiophene rings is 2.